The van der Waals surface area contributed by atoms with E-state index in [1.807, 2.05) is 26.2 Å². The standard InChI is InChI=1S/C12H19N3OS.ClH/c1-4-15(12-14-8(2)7-17-12)11(16)9(3)10-5-13-6-10;/h7,9-10,13H,4-6H2,1-3H3;1H. The van der Waals surface area contributed by atoms with Crippen LogP contribution in [-0.2, 0) is 4.79 Å². The van der Waals surface area contributed by atoms with Crippen LogP contribution in [0.2, 0.25) is 0 Å². The van der Waals surface area contributed by atoms with E-state index in [4.69, 9.17) is 0 Å². The Labute approximate surface area is 118 Å². The lowest BCUT2D eigenvalue weighted by molar-refractivity contribution is -0.124. The number of amides is 1. The largest absolute Gasteiger partial charge is 0.316 e. The number of rotatable bonds is 4. The summed E-state index contributed by atoms with van der Waals surface area (Å²) in [6.45, 7) is 8.59. The first kappa shape index (κ1) is 15.4. The third-order valence-corrected chi connectivity index (χ3v) is 4.31. The van der Waals surface area contributed by atoms with E-state index < -0.39 is 0 Å². The van der Waals surface area contributed by atoms with Gasteiger partial charge in [-0.25, -0.2) is 4.98 Å². The summed E-state index contributed by atoms with van der Waals surface area (Å²) in [6.07, 6.45) is 0. The molecule has 1 aromatic rings. The molecule has 18 heavy (non-hydrogen) atoms. The molecule has 1 amide bonds. The molecule has 2 rings (SSSR count). The maximum atomic E-state index is 12.4. The highest BCUT2D eigenvalue weighted by Crippen LogP contribution is 2.25. The van der Waals surface area contributed by atoms with Crippen molar-refractivity contribution < 1.29 is 4.79 Å². The highest BCUT2D eigenvalue weighted by Gasteiger charge is 2.32. The van der Waals surface area contributed by atoms with Crippen LogP contribution in [0.1, 0.15) is 19.5 Å². The Bertz CT molecular complexity index is 406. The van der Waals surface area contributed by atoms with E-state index in [9.17, 15) is 4.79 Å². The topological polar surface area (TPSA) is 45.2 Å². The molecule has 1 N–H and O–H groups in total. The Kier molecular flexibility index (Phi) is 5.56. The number of carbonyl (C=O) groups excluding carboxylic acids is 1. The number of nitrogens with zero attached hydrogens (tertiary/aromatic N) is 2. The molecular weight excluding hydrogens is 270 g/mol. The monoisotopic (exact) mass is 289 g/mol. The summed E-state index contributed by atoms with van der Waals surface area (Å²) in [5, 5.41) is 6.03. The van der Waals surface area contributed by atoms with Gasteiger partial charge in [0.15, 0.2) is 5.13 Å². The molecule has 0 radical (unpaired) electrons. The lowest BCUT2D eigenvalue weighted by Crippen LogP contribution is -2.50. The number of aryl methyl sites for hydroxylation is 1. The normalized spacial score (nSPS) is 16.6. The van der Waals surface area contributed by atoms with Crippen molar-refractivity contribution in [3.8, 4) is 0 Å². The summed E-state index contributed by atoms with van der Waals surface area (Å²) in [7, 11) is 0. The Morgan fingerprint density at radius 3 is 2.72 bits per heavy atom. The van der Waals surface area contributed by atoms with E-state index in [1.165, 1.54) is 0 Å². The average Bonchev–Trinajstić information content (AvgIpc) is 2.63. The van der Waals surface area contributed by atoms with Gasteiger partial charge in [0, 0.05) is 17.8 Å². The number of hydrogen-bond donors (Lipinski definition) is 1. The van der Waals surface area contributed by atoms with Crippen LogP contribution in [0.5, 0.6) is 0 Å². The fraction of sp³-hybridized carbons (Fsp3) is 0.667. The third kappa shape index (κ3) is 3.02. The lowest BCUT2D eigenvalue weighted by atomic mass is 9.88. The molecule has 0 aromatic carbocycles. The maximum absolute atomic E-state index is 12.4. The van der Waals surface area contributed by atoms with Crippen molar-refractivity contribution in [2.24, 2.45) is 11.8 Å². The van der Waals surface area contributed by atoms with Gasteiger partial charge in [-0.1, -0.05) is 6.92 Å². The average molecular weight is 290 g/mol. The molecule has 6 heteroatoms. The number of anilines is 1. The second-order valence-electron chi connectivity index (χ2n) is 4.56. The predicted molar refractivity (Wildman–Crippen MR) is 77.6 cm³/mol. The van der Waals surface area contributed by atoms with E-state index in [2.05, 4.69) is 10.3 Å². The zero-order chi connectivity index (χ0) is 12.4. The van der Waals surface area contributed by atoms with Gasteiger partial charge in [-0.05, 0) is 32.9 Å². The smallest absolute Gasteiger partial charge is 0.231 e. The number of carbonyl (C=O) groups is 1. The molecule has 0 bridgehead atoms. The number of halogens is 1. The summed E-state index contributed by atoms with van der Waals surface area (Å²) >= 11 is 1.54. The Hall–Kier alpha value is -0.650. The molecule has 1 fully saturated rings. The molecule has 1 atom stereocenters. The van der Waals surface area contributed by atoms with Crippen LogP contribution in [0.15, 0.2) is 5.38 Å². The highest BCUT2D eigenvalue weighted by molar-refractivity contribution is 7.14. The summed E-state index contributed by atoms with van der Waals surface area (Å²) in [6, 6.07) is 0. The van der Waals surface area contributed by atoms with E-state index in [0.29, 0.717) is 12.5 Å². The van der Waals surface area contributed by atoms with Crippen molar-refractivity contribution in [1.29, 1.82) is 0 Å². The van der Waals surface area contributed by atoms with Crippen molar-refractivity contribution >= 4 is 34.8 Å². The first-order valence-electron chi connectivity index (χ1n) is 6.07. The van der Waals surface area contributed by atoms with Crippen LogP contribution in [0.3, 0.4) is 0 Å². The van der Waals surface area contributed by atoms with Crippen molar-refractivity contribution in [2.45, 2.75) is 20.8 Å². The number of nitrogens with one attached hydrogen (secondary N) is 1. The number of aromatic nitrogens is 1. The minimum Gasteiger partial charge on any atom is -0.316 e. The second-order valence-corrected chi connectivity index (χ2v) is 5.40. The van der Waals surface area contributed by atoms with Crippen molar-refractivity contribution in [3.63, 3.8) is 0 Å². The summed E-state index contributed by atoms with van der Waals surface area (Å²) in [5.41, 5.74) is 0.981. The zero-order valence-electron chi connectivity index (χ0n) is 11.0. The molecule has 1 saturated heterocycles. The van der Waals surface area contributed by atoms with Gasteiger partial charge in [0.2, 0.25) is 5.91 Å². The molecule has 1 aliphatic rings. The molecule has 1 unspecified atom stereocenters. The number of hydrogen-bond acceptors (Lipinski definition) is 4. The van der Waals surface area contributed by atoms with Crippen LogP contribution in [0, 0.1) is 18.8 Å². The Morgan fingerprint density at radius 2 is 2.33 bits per heavy atom. The molecular formula is C12H20ClN3OS. The summed E-state index contributed by atoms with van der Waals surface area (Å²) in [4.78, 5) is 18.6. The van der Waals surface area contributed by atoms with Gasteiger partial charge in [0.1, 0.15) is 0 Å². The molecule has 1 aliphatic heterocycles. The van der Waals surface area contributed by atoms with Gasteiger partial charge in [0.05, 0.1) is 5.69 Å². The molecule has 0 aliphatic carbocycles. The fourth-order valence-electron chi connectivity index (χ4n) is 1.96. The number of thiazole rings is 1. The highest BCUT2D eigenvalue weighted by atomic mass is 35.5. The van der Waals surface area contributed by atoms with E-state index in [1.54, 1.807) is 16.2 Å². The molecule has 2 heterocycles. The van der Waals surface area contributed by atoms with Gasteiger partial charge in [0.25, 0.3) is 0 Å². The van der Waals surface area contributed by atoms with Crippen LogP contribution >= 0.6 is 23.7 Å². The van der Waals surface area contributed by atoms with Gasteiger partial charge in [-0.2, -0.15) is 0 Å². The maximum Gasteiger partial charge on any atom is 0.231 e. The molecule has 0 saturated carbocycles. The predicted octanol–water partition coefficient (Wildman–Crippen LogP) is 2.08. The fourth-order valence-corrected chi connectivity index (χ4v) is 2.83. The second kappa shape index (κ2) is 6.50. The van der Waals surface area contributed by atoms with Gasteiger partial charge in [-0.15, -0.1) is 23.7 Å². The Balaban J connectivity index is 0.00000162. The molecule has 102 valence electrons. The SMILES string of the molecule is CCN(C(=O)C(C)C1CNC1)c1nc(C)cs1.Cl. The minimum atomic E-state index is 0. The van der Waals surface area contributed by atoms with Crippen LogP contribution in [0.4, 0.5) is 5.13 Å². The van der Waals surface area contributed by atoms with Crippen molar-refractivity contribution in [3.05, 3.63) is 11.1 Å². The molecule has 4 nitrogen and oxygen atoms in total. The van der Waals surface area contributed by atoms with Gasteiger partial charge in [-0.3, -0.25) is 9.69 Å². The quantitative estimate of drug-likeness (QED) is 0.923. The Morgan fingerprint density at radius 1 is 1.67 bits per heavy atom. The third-order valence-electron chi connectivity index (χ3n) is 3.33. The minimum absolute atomic E-state index is 0. The van der Waals surface area contributed by atoms with Gasteiger partial charge >= 0.3 is 0 Å². The first-order valence-corrected chi connectivity index (χ1v) is 6.95. The van der Waals surface area contributed by atoms with E-state index in [0.717, 1.165) is 23.9 Å². The first-order chi connectivity index (χ1) is 8.13. The molecule has 0 spiro atoms. The van der Waals surface area contributed by atoms with Crippen molar-refractivity contribution in [2.75, 3.05) is 24.5 Å². The van der Waals surface area contributed by atoms with Crippen molar-refractivity contribution in [1.82, 2.24) is 10.3 Å². The summed E-state index contributed by atoms with van der Waals surface area (Å²) < 4.78 is 0. The lowest BCUT2D eigenvalue weighted by Gasteiger charge is -2.34. The van der Waals surface area contributed by atoms with Crippen LogP contribution < -0.4 is 10.2 Å². The molecule has 1 aromatic heterocycles. The van der Waals surface area contributed by atoms with E-state index >= 15 is 0 Å². The van der Waals surface area contributed by atoms with Gasteiger partial charge < -0.3 is 5.32 Å². The summed E-state index contributed by atoms with van der Waals surface area (Å²) in [5.74, 6) is 0.770. The van der Waals surface area contributed by atoms with Crippen LogP contribution in [-0.4, -0.2) is 30.5 Å². The van der Waals surface area contributed by atoms with E-state index in [-0.39, 0.29) is 24.2 Å². The zero-order valence-corrected chi connectivity index (χ0v) is 12.6. The van der Waals surface area contributed by atoms with Crippen LogP contribution in [0.25, 0.3) is 0 Å².